The number of hydrogen-bond acceptors (Lipinski definition) is 5. The van der Waals surface area contributed by atoms with Gasteiger partial charge in [-0.05, 0) is 32.4 Å². The molecule has 0 fully saturated rings. The molecule has 0 aliphatic carbocycles. The molecule has 3 rings (SSSR count). The van der Waals surface area contributed by atoms with E-state index in [1.807, 2.05) is 0 Å². The topological polar surface area (TPSA) is 93.0 Å². The van der Waals surface area contributed by atoms with Crippen LogP contribution in [0.3, 0.4) is 0 Å². The van der Waals surface area contributed by atoms with Crippen LogP contribution in [0, 0.1) is 13.8 Å². The monoisotopic (exact) mass is 422 g/mol. The number of aromatic amines is 1. The number of carbonyl (C=O) groups excluding carboxylic acids is 1. The molecule has 2 N–H and O–H groups in total. The molecule has 0 aromatic carbocycles. The summed E-state index contributed by atoms with van der Waals surface area (Å²) < 4.78 is 48.8. The van der Waals surface area contributed by atoms with Crippen molar-refractivity contribution in [2.24, 2.45) is 0 Å². The molecule has 160 valence electrons. The molecule has 2 unspecified atom stereocenters. The van der Waals surface area contributed by atoms with Gasteiger partial charge in [0.25, 0.3) is 5.91 Å². The molecule has 0 spiro atoms. The Kier molecular flexibility index (Phi) is 5.97. The summed E-state index contributed by atoms with van der Waals surface area (Å²) in [5.74, 6) is 0.282. The number of ether oxygens (including phenoxy) is 1. The van der Waals surface area contributed by atoms with Crippen LogP contribution in [0.25, 0.3) is 0 Å². The average Bonchev–Trinajstić information content (AvgIpc) is 3.28. The average molecular weight is 422 g/mol. The molecule has 30 heavy (non-hydrogen) atoms. The summed E-state index contributed by atoms with van der Waals surface area (Å²) in [4.78, 5) is 19.1. The first-order chi connectivity index (χ1) is 14.1. The highest BCUT2D eigenvalue weighted by Crippen LogP contribution is 2.32. The molecule has 10 heteroatoms. The van der Waals surface area contributed by atoms with E-state index < -0.39 is 18.0 Å². The number of amides is 1. The van der Waals surface area contributed by atoms with Crippen molar-refractivity contribution in [3.05, 3.63) is 70.1 Å². The molecule has 3 aromatic heterocycles. The van der Waals surface area contributed by atoms with Gasteiger partial charge in [-0.2, -0.15) is 13.2 Å². The fraction of sp³-hybridized carbons (Fsp3) is 0.350. The van der Waals surface area contributed by atoms with Crippen molar-refractivity contribution in [3.8, 4) is 0 Å². The number of halogens is 3. The lowest BCUT2D eigenvalue weighted by Gasteiger charge is -2.17. The van der Waals surface area contributed by atoms with Crippen LogP contribution in [-0.4, -0.2) is 28.1 Å². The third kappa shape index (κ3) is 4.38. The number of aryl methyl sites for hydroxylation is 1. The zero-order chi connectivity index (χ0) is 22.1. The SMILES string of the molecule is COC(c1ccc(C(F)(F)F)nc1)c1c[nH]c(C(=O)NC(C)c2cc(C)on2)c1C. The number of nitrogens with one attached hydrogen (secondary N) is 2. The van der Waals surface area contributed by atoms with E-state index in [4.69, 9.17) is 9.26 Å². The van der Waals surface area contributed by atoms with Crippen molar-refractivity contribution in [2.45, 2.75) is 39.1 Å². The van der Waals surface area contributed by atoms with Crippen LogP contribution in [0.2, 0.25) is 0 Å². The molecule has 1 amide bonds. The van der Waals surface area contributed by atoms with E-state index in [-0.39, 0.29) is 11.9 Å². The number of nitrogens with zero attached hydrogens (tertiary/aromatic N) is 2. The summed E-state index contributed by atoms with van der Waals surface area (Å²) in [5, 5.41) is 6.72. The van der Waals surface area contributed by atoms with E-state index in [1.165, 1.54) is 13.2 Å². The predicted octanol–water partition coefficient (Wildman–Crippen LogP) is 4.26. The number of rotatable bonds is 6. The van der Waals surface area contributed by atoms with Gasteiger partial charge in [-0.1, -0.05) is 11.2 Å². The minimum absolute atomic E-state index is 0.319. The quantitative estimate of drug-likeness (QED) is 0.619. The Bertz CT molecular complexity index is 1020. The first-order valence-corrected chi connectivity index (χ1v) is 9.09. The highest BCUT2D eigenvalue weighted by Gasteiger charge is 2.32. The van der Waals surface area contributed by atoms with Crippen LogP contribution in [0.5, 0.6) is 0 Å². The van der Waals surface area contributed by atoms with E-state index in [0.29, 0.717) is 33.8 Å². The normalized spacial score (nSPS) is 13.8. The lowest BCUT2D eigenvalue weighted by molar-refractivity contribution is -0.141. The predicted molar refractivity (Wildman–Crippen MR) is 101 cm³/mol. The van der Waals surface area contributed by atoms with Crippen LogP contribution in [0.15, 0.2) is 35.1 Å². The van der Waals surface area contributed by atoms with Crippen molar-refractivity contribution in [2.75, 3.05) is 7.11 Å². The van der Waals surface area contributed by atoms with Gasteiger partial charge in [0.15, 0.2) is 0 Å². The number of H-pyrrole nitrogens is 1. The molecular weight excluding hydrogens is 401 g/mol. The van der Waals surface area contributed by atoms with Crippen molar-refractivity contribution in [1.29, 1.82) is 0 Å². The summed E-state index contributed by atoms with van der Waals surface area (Å²) >= 11 is 0. The van der Waals surface area contributed by atoms with Gasteiger partial charge in [-0.15, -0.1) is 0 Å². The highest BCUT2D eigenvalue weighted by atomic mass is 19.4. The van der Waals surface area contributed by atoms with E-state index in [2.05, 4.69) is 20.4 Å². The van der Waals surface area contributed by atoms with Crippen molar-refractivity contribution in [3.63, 3.8) is 0 Å². The van der Waals surface area contributed by atoms with Crippen LogP contribution >= 0.6 is 0 Å². The maximum Gasteiger partial charge on any atom is 0.433 e. The number of carbonyl (C=O) groups is 1. The molecule has 0 aliphatic rings. The minimum Gasteiger partial charge on any atom is -0.372 e. The van der Waals surface area contributed by atoms with E-state index in [0.717, 1.165) is 12.3 Å². The van der Waals surface area contributed by atoms with E-state index in [9.17, 15) is 18.0 Å². The highest BCUT2D eigenvalue weighted by molar-refractivity contribution is 5.94. The fourth-order valence-corrected chi connectivity index (χ4v) is 3.12. The zero-order valence-corrected chi connectivity index (χ0v) is 16.8. The van der Waals surface area contributed by atoms with Gasteiger partial charge in [0.05, 0.1) is 6.04 Å². The van der Waals surface area contributed by atoms with Gasteiger partial charge in [0, 0.05) is 36.7 Å². The van der Waals surface area contributed by atoms with Crippen molar-refractivity contribution >= 4 is 5.91 Å². The molecule has 0 aliphatic heterocycles. The van der Waals surface area contributed by atoms with Gasteiger partial charge in [0.1, 0.15) is 28.9 Å². The van der Waals surface area contributed by atoms with Crippen molar-refractivity contribution < 1.29 is 27.2 Å². The molecule has 0 bridgehead atoms. The molecule has 3 heterocycles. The Balaban J connectivity index is 1.81. The summed E-state index contributed by atoms with van der Waals surface area (Å²) in [5.41, 5.74) is 1.60. The van der Waals surface area contributed by atoms with Crippen LogP contribution in [0.1, 0.15) is 63.4 Å². The molecule has 2 atom stereocenters. The zero-order valence-electron chi connectivity index (χ0n) is 16.8. The summed E-state index contributed by atoms with van der Waals surface area (Å²) in [6, 6.07) is 3.57. The maximum atomic E-state index is 12.8. The first kappa shape index (κ1) is 21.6. The van der Waals surface area contributed by atoms with Crippen LogP contribution < -0.4 is 5.32 Å². The molecule has 0 saturated heterocycles. The molecule has 0 radical (unpaired) electrons. The largest absolute Gasteiger partial charge is 0.433 e. The second-order valence-corrected chi connectivity index (χ2v) is 6.89. The van der Waals surface area contributed by atoms with Crippen LogP contribution in [-0.2, 0) is 10.9 Å². The minimum atomic E-state index is -4.52. The number of aromatic nitrogens is 3. The van der Waals surface area contributed by atoms with Crippen molar-refractivity contribution in [1.82, 2.24) is 20.4 Å². The number of alkyl halides is 3. The second kappa shape index (κ2) is 8.31. The third-order valence-electron chi connectivity index (χ3n) is 4.74. The summed E-state index contributed by atoms with van der Waals surface area (Å²) in [6.45, 7) is 5.27. The van der Waals surface area contributed by atoms with Crippen LogP contribution in [0.4, 0.5) is 13.2 Å². The Labute approximate surface area is 170 Å². The van der Waals surface area contributed by atoms with Gasteiger partial charge in [0.2, 0.25) is 0 Å². The van der Waals surface area contributed by atoms with E-state index >= 15 is 0 Å². The van der Waals surface area contributed by atoms with E-state index in [1.54, 1.807) is 33.0 Å². The lowest BCUT2D eigenvalue weighted by atomic mass is 10.0. The molecule has 7 nitrogen and oxygen atoms in total. The standard InChI is InChI=1S/C20H21F3N4O3/c1-10-7-15(27-30-10)12(3)26-19(28)17-11(2)14(9-25-17)18(29-4)13-5-6-16(24-8-13)20(21,22)23/h5-9,12,18,25H,1-4H3,(H,26,28). The molecule has 0 saturated carbocycles. The maximum absolute atomic E-state index is 12.8. The number of hydrogen-bond donors (Lipinski definition) is 2. The van der Waals surface area contributed by atoms with Gasteiger partial charge in [-0.25, -0.2) is 0 Å². The Morgan fingerprint density at radius 3 is 2.57 bits per heavy atom. The summed E-state index contributed by atoms with van der Waals surface area (Å²) in [6.07, 6.45) is -2.48. The second-order valence-electron chi connectivity index (χ2n) is 6.89. The summed E-state index contributed by atoms with van der Waals surface area (Å²) in [7, 11) is 1.43. The van der Waals surface area contributed by atoms with Gasteiger partial charge >= 0.3 is 6.18 Å². The fourth-order valence-electron chi connectivity index (χ4n) is 3.12. The van der Waals surface area contributed by atoms with Gasteiger partial charge in [-0.3, -0.25) is 9.78 Å². The molecule has 3 aromatic rings. The number of methoxy groups -OCH3 is 1. The number of pyridine rings is 1. The Morgan fingerprint density at radius 2 is 2.03 bits per heavy atom. The molecular formula is C20H21F3N4O3. The first-order valence-electron chi connectivity index (χ1n) is 9.09. The third-order valence-corrected chi connectivity index (χ3v) is 4.74. The lowest BCUT2D eigenvalue weighted by Crippen LogP contribution is -2.27. The smallest absolute Gasteiger partial charge is 0.372 e. The Morgan fingerprint density at radius 1 is 1.30 bits per heavy atom. The Hall–Kier alpha value is -3.14. The van der Waals surface area contributed by atoms with Gasteiger partial charge < -0.3 is 19.6 Å².